The number of rotatable bonds is 1. The van der Waals surface area contributed by atoms with Crippen molar-refractivity contribution in [1.29, 1.82) is 0 Å². The average molecular weight is 192 g/mol. The van der Waals surface area contributed by atoms with Gasteiger partial charge in [-0.2, -0.15) is 0 Å². The van der Waals surface area contributed by atoms with Crippen LogP contribution in [-0.2, 0) is 6.61 Å². The van der Waals surface area contributed by atoms with Gasteiger partial charge in [0.15, 0.2) is 0 Å². The fourth-order valence-electron chi connectivity index (χ4n) is 1.11. The van der Waals surface area contributed by atoms with E-state index in [2.05, 4.69) is 13.8 Å². The van der Waals surface area contributed by atoms with E-state index in [9.17, 15) is 0 Å². The molecule has 0 amide bonds. The lowest BCUT2D eigenvalue weighted by Crippen LogP contribution is -1.72. The van der Waals surface area contributed by atoms with Crippen LogP contribution in [0.25, 0.3) is 11.0 Å². The number of furan rings is 1. The smallest absolute Gasteiger partial charge is 0.134 e. The lowest BCUT2D eigenvalue weighted by Gasteiger charge is -1.83. The fourth-order valence-corrected chi connectivity index (χ4v) is 1.11. The van der Waals surface area contributed by atoms with Crippen LogP contribution in [0, 0.1) is 0 Å². The Morgan fingerprint density at radius 1 is 1.21 bits per heavy atom. The Bertz CT molecular complexity index is 343. The van der Waals surface area contributed by atoms with Crippen molar-refractivity contribution in [2.75, 3.05) is 0 Å². The Labute approximate surface area is 84.2 Å². The van der Waals surface area contributed by atoms with Gasteiger partial charge in [0.1, 0.15) is 18.0 Å². The highest BCUT2D eigenvalue weighted by molar-refractivity contribution is 5.77. The van der Waals surface area contributed by atoms with Crippen molar-refractivity contribution in [3.05, 3.63) is 36.1 Å². The number of para-hydroxylation sites is 1. The van der Waals surface area contributed by atoms with Gasteiger partial charge in [0.2, 0.25) is 0 Å². The van der Waals surface area contributed by atoms with Crippen LogP contribution in [-0.4, -0.2) is 5.11 Å². The molecule has 1 aromatic heterocycles. The minimum Gasteiger partial charge on any atom is -0.459 e. The SMILES string of the molecule is CCC.OCc1cc2ccccc2o1. The van der Waals surface area contributed by atoms with E-state index in [1.807, 2.05) is 30.3 Å². The van der Waals surface area contributed by atoms with Crippen molar-refractivity contribution in [2.45, 2.75) is 26.9 Å². The summed E-state index contributed by atoms with van der Waals surface area (Å²) in [5, 5.41) is 9.78. The maximum absolute atomic E-state index is 8.74. The van der Waals surface area contributed by atoms with Gasteiger partial charge in [-0.05, 0) is 12.1 Å². The van der Waals surface area contributed by atoms with Gasteiger partial charge < -0.3 is 9.52 Å². The Morgan fingerprint density at radius 3 is 2.43 bits per heavy atom. The summed E-state index contributed by atoms with van der Waals surface area (Å²) in [6, 6.07) is 9.54. The molecule has 2 rings (SSSR count). The zero-order chi connectivity index (χ0) is 10.4. The zero-order valence-electron chi connectivity index (χ0n) is 8.66. The molecule has 0 fully saturated rings. The molecule has 14 heavy (non-hydrogen) atoms. The monoisotopic (exact) mass is 192 g/mol. The summed E-state index contributed by atoms with van der Waals surface area (Å²) in [6.45, 7) is 4.22. The van der Waals surface area contributed by atoms with E-state index >= 15 is 0 Å². The first-order chi connectivity index (χ1) is 6.81. The van der Waals surface area contributed by atoms with Crippen LogP contribution >= 0.6 is 0 Å². The molecule has 0 saturated carbocycles. The number of benzene rings is 1. The van der Waals surface area contributed by atoms with Crippen LogP contribution < -0.4 is 0 Å². The lowest BCUT2D eigenvalue weighted by atomic mass is 10.2. The highest BCUT2D eigenvalue weighted by Gasteiger charge is 1.99. The van der Waals surface area contributed by atoms with Gasteiger partial charge >= 0.3 is 0 Å². The number of hydrogen-bond acceptors (Lipinski definition) is 2. The lowest BCUT2D eigenvalue weighted by molar-refractivity contribution is 0.251. The van der Waals surface area contributed by atoms with E-state index in [1.165, 1.54) is 6.42 Å². The summed E-state index contributed by atoms with van der Waals surface area (Å²) >= 11 is 0. The molecule has 0 aliphatic heterocycles. The second kappa shape index (κ2) is 5.45. The van der Waals surface area contributed by atoms with Crippen LogP contribution in [0.5, 0.6) is 0 Å². The Kier molecular flexibility index (Phi) is 4.20. The van der Waals surface area contributed by atoms with E-state index in [0.717, 1.165) is 11.0 Å². The predicted octanol–water partition coefficient (Wildman–Crippen LogP) is 3.34. The molecule has 0 aliphatic carbocycles. The first-order valence-electron chi connectivity index (χ1n) is 4.90. The molecule has 0 radical (unpaired) electrons. The third-order valence-electron chi connectivity index (χ3n) is 1.63. The van der Waals surface area contributed by atoms with Crippen LogP contribution in [0.3, 0.4) is 0 Å². The van der Waals surface area contributed by atoms with Crippen LogP contribution in [0.15, 0.2) is 34.7 Å². The second-order valence-corrected chi connectivity index (χ2v) is 3.12. The van der Waals surface area contributed by atoms with Gasteiger partial charge in [0.25, 0.3) is 0 Å². The predicted molar refractivity (Wildman–Crippen MR) is 58.1 cm³/mol. The molecule has 1 aromatic carbocycles. The highest BCUT2D eigenvalue weighted by atomic mass is 16.4. The zero-order valence-corrected chi connectivity index (χ0v) is 8.66. The summed E-state index contributed by atoms with van der Waals surface area (Å²) in [4.78, 5) is 0. The van der Waals surface area contributed by atoms with Gasteiger partial charge in [0.05, 0.1) is 0 Å². The van der Waals surface area contributed by atoms with E-state index in [0.29, 0.717) is 5.76 Å². The molecule has 0 unspecified atom stereocenters. The summed E-state index contributed by atoms with van der Waals surface area (Å²) < 4.78 is 5.27. The number of hydrogen-bond donors (Lipinski definition) is 1. The van der Waals surface area contributed by atoms with Crippen molar-refractivity contribution in [3.8, 4) is 0 Å². The molecule has 1 heterocycles. The Hall–Kier alpha value is -1.28. The topological polar surface area (TPSA) is 33.4 Å². The van der Waals surface area contributed by atoms with E-state index in [-0.39, 0.29) is 6.61 Å². The Balaban J connectivity index is 0.000000293. The van der Waals surface area contributed by atoms with E-state index < -0.39 is 0 Å². The summed E-state index contributed by atoms with van der Waals surface area (Å²) in [5.41, 5.74) is 0.830. The fraction of sp³-hybridized carbons (Fsp3) is 0.333. The molecule has 2 heteroatoms. The Morgan fingerprint density at radius 2 is 1.86 bits per heavy atom. The van der Waals surface area contributed by atoms with Gasteiger partial charge in [-0.3, -0.25) is 0 Å². The molecule has 0 atom stereocenters. The van der Waals surface area contributed by atoms with Crippen LogP contribution in [0.1, 0.15) is 26.0 Å². The normalized spacial score (nSPS) is 9.64. The summed E-state index contributed by atoms with van der Waals surface area (Å²) in [5.74, 6) is 0.617. The number of aliphatic hydroxyl groups excluding tert-OH is 1. The maximum atomic E-state index is 8.74. The first-order valence-corrected chi connectivity index (χ1v) is 4.90. The minimum absolute atomic E-state index is 0.0331. The molecule has 1 N–H and O–H groups in total. The average Bonchev–Trinajstić information content (AvgIpc) is 2.61. The second-order valence-electron chi connectivity index (χ2n) is 3.12. The molecule has 0 spiro atoms. The standard InChI is InChI=1S/C9H8O2.C3H8/c10-6-8-5-7-3-1-2-4-9(7)11-8;1-3-2/h1-5,10H,6H2;3H2,1-2H3. The van der Waals surface area contributed by atoms with Gasteiger partial charge in [0, 0.05) is 5.39 Å². The van der Waals surface area contributed by atoms with E-state index in [4.69, 9.17) is 9.52 Å². The summed E-state index contributed by atoms with van der Waals surface area (Å²) in [6.07, 6.45) is 1.25. The molecule has 0 aliphatic rings. The van der Waals surface area contributed by atoms with Gasteiger partial charge in [-0.25, -0.2) is 0 Å². The molecule has 2 aromatic rings. The minimum atomic E-state index is -0.0331. The number of aliphatic hydroxyl groups is 1. The van der Waals surface area contributed by atoms with Crippen LogP contribution in [0.4, 0.5) is 0 Å². The van der Waals surface area contributed by atoms with Crippen LogP contribution in [0.2, 0.25) is 0 Å². The summed E-state index contributed by atoms with van der Waals surface area (Å²) in [7, 11) is 0. The van der Waals surface area contributed by atoms with E-state index in [1.54, 1.807) is 0 Å². The molecule has 0 saturated heterocycles. The molecular weight excluding hydrogens is 176 g/mol. The van der Waals surface area contributed by atoms with Crippen molar-refractivity contribution in [1.82, 2.24) is 0 Å². The van der Waals surface area contributed by atoms with Crippen molar-refractivity contribution in [2.24, 2.45) is 0 Å². The third kappa shape index (κ3) is 2.60. The first kappa shape index (κ1) is 10.8. The third-order valence-corrected chi connectivity index (χ3v) is 1.63. The number of fused-ring (bicyclic) bond motifs is 1. The van der Waals surface area contributed by atoms with Gasteiger partial charge in [-0.15, -0.1) is 0 Å². The van der Waals surface area contributed by atoms with Gasteiger partial charge in [-0.1, -0.05) is 38.5 Å². The van der Waals surface area contributed by atoms with Crippen molar-refractivity contribution >= 4 is 11.0 Å². The molecule has 76 valence electrons. The quantitative estimate of drug-likeness (QED) is 0.751. The highest BCUT2D eigenvalue weighted by Crippen LogP contribution is 2.18. The van der Waals surface area contributed by atoms with Crippen molar-refractivity contribution in [3.63, 3.8) is 0 Å². The molecule has 0 bridgehead atoms. The maximum Gasteiger partial charge on any atom is 0.134 e. The van der Waals surface area contributed by atoms with Crippen molar-refractivity contribution < 1.29 is 9.52 Å². The largest absolute Gasteiger partial charge is 0.459 e. The molecular formula is C12H16O2. The molecule has 2 nitrogen and oxygen atoms in total.